The summed E-state index contributed by atoms with van der Waals surface area (Å²) in [6.45, 7) is 2.65. The van der Waals surface area contributed by atoms with Gasteiger partial charge in [0.25, 0.3) is 0 Å². The van der Waals surface area contributed by atoms with Crippen LogP contribution in [0.2, 0.25) is 0 Å². The maximum atomic E-state index is 12.1. The number of hydrogen-bond donors (Lipinski definition) is 1. The molecule has 26 heavy (non-hydrogen) atoms. The Morgan fingerprint density at radius 3 is 2.23 bits per heavy atom. The highest BCUT2D eigenvalue weighted by molar-refractivity contribution is 5.92. The Morgan fingerprint density at radius 2 is 1.62 bits per heavy atom. The van der Waals surface area contributed by atoms with E-state index in [2.05, 4.69) is 24.4 Å². The SMILES string of the molecule is COc1cc(OC)c(OC)cc1/C=C/C(=O)NC[C@H](C)c1ccccc1. The molecule has 2 aromatic rings. The summed E-state index contributed by atoms with van der Waals surface area (Å²) in [6.07, 6.45) is 3.19. The van der Waals surface area contributed by atoms with E-state index in [9.17, 15) is 4.79 Å². The van der Waals surface area contributed by atoms with Crippen molar-refractivity contribution < 1.29 is 19.0 Å². The fourth-order valence-corrected chi connectivity index (χ4v) is 2.56. The zero-order valence-corrected chi connectivity index (χ0v) is 15.6. The highest BCUT2D eigenvalue weighted by Gasteiger charge is 2.11. The Bertz CT molecular complexity index is 756. The molecule has 0 spiro atoms. The lowest BCUT2D eigenvalue weighted by atomic mass is 10.0. The second-order valence-electron chi connectivity index (χ2n) is 5.84. The molecule has 0 fully saturated rings. The first-order valence-corrected chi connectivity index (χ1v) is 8.40. The van der Waals surface area contributed by atoms with E-state index < -0.39 is 0 Å². The molecule has 0 aromatic heterocycles. The van der Waals surface area contributed by atoms with Crippen LogP contribution in [0, 0.1) is 0 Å². The molecule has 2 rings (SSSR count). The Hall–Kier alpha value is -2.95. The quantitative estimate of drug-likeness (QED) is 0.735. The maximum absolute atomic E-state index is 12.1. The number of ether oxygens (including phenoxy) is 3. The van der Waals surface area contributed by atoms with Crippen molar-refractivity contribution in [3.05, 3.63) is 59.7 Å². The summed E-state index contributed by atoms with van der Waals surface area (Å²) in [7, 11) is 4.70. The normalized spacial score (nSPS) is 11.8. The molecule has 0 radical (unpaired) electrons. The van der Waals surface area contributed by atoms with Gasteiger partial charge >= 0.3 is 0 Å². The molecule has 2 aromatic carbocycles. The van der Waals surface area contributed by atoms with E-state index in [-0.39, 0.29) is 11.8 Å². The zero-order valence-electron chi connectivity index (χ0n) is 15.6. The minimum absolute atomic E-state index is 0.162. The van der Waals surface area contributed by atoms with Crippen LogP contribution in [0.1, 0.15) is 24.0 Å². The number of methoxy groups -OCH3 is 3. The third kappa shape index (κ3) is 5.02. The van der Waals surface area contributed by atoms with Gasteiger partial charge in [0.05, 0.1) is 21.3 Å². The fraction of sp³-hybridized carbons (Fsp3) is 0.286. The van der Waals surface area contributed by atoms with Crippen molar-refractivity contribution in [3.63, 3.8) is 0 Å². The number of amides is 1. The molecule has 0 heterocycles. The summed E-state index contributed by atoms with van der Waals surface area (Å²) in [5, 5.41) is 2.92. The Balaban J connectivity index is 2.03. The molecule has 5 nitrogen and oxygen atoms in total. The number of hydrogen-bond acceptors (Lipinski definition) is 4. The predicted octanol–water partition coefficient (Wildman–Crippen LogP) is 3.65. The van der Waals surface area contributed by atoms with Crippen LogP contribution in [-0.4, -0.2) is 33.8 Å². The van der Waals surface area contributed by atoms with Crippen LogP contribution in [0.5, 0.6) is 17.2 Å². The van der Waals surface area contributed by atoms with E-state index >= 15 is 0 Å². The Morgan fingerprint density at radius 1 is 1.00 bits per heavy atom. The molecule has 0 aliphatic rings. The van der Waals surface area contributed by atoms with E-state index in [0.717, 1.165) is 5.56 Å². The third-order valence-electron chi connectivity index (χ3n) is 4.10. The minimum Gasteiger partial charge on any atom is -0.496 e. The van der Waals surface area contributed by atoms with E-state index in [0.29, 0.717) is 23.8 Å². The Labute approximate surface area is 154 Å². The third-order valence-corrected chi connectivity index (χ3v) is 4.10. The molecule has 138 valence electrons. The number of benzene rings is 2. The molecular formula is C21H25NO4. The van der Waals surface area contributed by atoms with Crippen molar-refractivity contribution in [2.24, 2.45) is 0 Å². The summed E-state index contributed by atoms with van der Waals surface area (Å²) in [5.74, 6) is 1.83. The van der Waals surface area contributed by atoms with E-state index in [1.165, 1.54) is 11.6 Å². The van der Waals surface area contributed by atoms with Crippen molar-refractivity contribution in [3.8, 4) is 17.2 Å². The molecule has 1 N–H and O–H groups in total. The monoisotopic (exact) mass is 355 g/mol. The van der Waals surface area contributed by atoms with Crippen LogP contribution in [0.3, 0.4) is 0 Å². The van der Waals surface area contributed by atoms with Gasteiger partial charge in [0.1, 0.15) is 5.75 Å². The van der Waals surface area contributed by atoms with Gasteiger partial charge < -0.3 is 19.5 Å². The highest BCUT2D eigenvalue weighted by Crippen LogP contribution is 2.35. The van der Waals surface area contributed by atoms with Gasteiger partial charge in [0.15, 0.2) is 11.5 Å². The number of rotatable bonds is 8. The van der Waals surface area contributed by atoms with Gasteiger partial charge in [-0.2, -0.15) is 0 Å². The number of carbonyl (C=O) groups is 1. The van der Waals surface area contributed by atoms with Crippen molar-refractivity contribution in [1.82, 2.24) is 5.32 Å². The topological polar surface area (TPSA) is 56.8 Å². The van der Waals surface area contributed by atoms with Crippen molar-refractivity contribution in [2.45, 2.75) is 12.8 Å². The van der Waals surface area contributed by atoms with E-state index in [1.54, 1.807) is 39.5 Å². The van der Waals surface area contributed by atoms with Crippen LogP contribution < -0.4 is 19.5 Å². The second-order valence-corrected chi connectivity index (χ2v) is 5.84. The fourth-order valence-electron chi connectivity index (χ4n) is 2.56. The smallest absolute Gasteiger partial charge is 0.244 e. The van der Waals surface area contributed by atoms with Gasteiger partial charge in [-0.1, -0.05) is 37.3 Å². The molecule has 0 saturated heterocycles. The molecule has 1 atom stereocenters. The molecule has 0 saturated carbocycles. The van der Waals surface area contributed by atoms with Crippen LogP contribution in [0.25, 0.3) is 6.08 Å². The summed E-state index contributed by atoms with van der Waals surface area (Å²) >= 11 is 0. The summed E-state index contributed by atoms with van der Waals surface area (Å²) < 4.78 is 15.9. The predicted molar refractivity (Wildman–Crippen MR) is 103 cm³/mol. The lowest BCUT2D eigenvalue weighted by Gasteiger charge is -2.13. The summed E-state index contributed by atoms with van der Waals surface area (Å²) in [5.41, 5.74) is 1.93. The minimum atomic E-state index is -0.162. The largest absolute Gasteiger partial charge is 0.496 e. The maximum Gasteiger partial charge on any atom is 0.244 e. The van der Waals surface area contributed by atoms with Crippen LogP contribution in [-0.2, 0) is 4.79 Å². The average Bonchev–Trinajstić information content (AvgIpc) is 2.70. The Kier molecular flexibility index (Phi) is 7.09. The average molecular weight is 355 g/mol. The molecule has 0 unspecified atom stereocenters. The van der Waals surface area contributed by atoms with Crippen LogP contribution in [0.15, 0.2) is 48.5 Å². The first-order chi connectivity index (χ1) is 12.6. The lowest BCUT2D eigenvalue weighted by Crippen LogP contribution is -2.25. The van der Waals surface area contributed by atoms with Crippen molar-refractivity contribution >= 4 is 12.0 Å². The van der Waals surface area contributed by atoms with Crippen molar-refractivity contribution in [2.75, 3.05) is 27.9 Å². The van der Waals surface area contributed by atoms with Gasteiger partial charge in [-0.15, -0.1) is 0 Å². The van der Waals surface area contributed by atoms with Gasteiger partial charge in [0, 0.05) is 24.3 Å². The summed E-state index contributed by atoms with van der Waals surface area (Å²) in [6, 6.07) is 13.6. The first-order valence-electron chi connectivity index (χ1n) is 8.40. The van der Waals surface area contributed by atoms with E-state index in [1.807, 2.05) is 18.2 Å². The van der Waals surface area contributed by atoms with Crippen molar-refractivity contribution in [1.29, 1.82) is 0 Å². The van der Waals surface area contributed by atoms with Crippen LogP contribution >= 0.6 is 0 Å². The number of carbonyl (C=O) groups excluding carboxylic acids is 1. The molecular weight excluding hydrogens is 330 g/mol. The standard InChI is InChI=1S/C21H25NO4/c1-15(16-8-6-5-7-9-16)14-22-21(23)11-10-17-12-19(25-3)20(26-4)13-18(17)24-2/h5-13,15H,14H2,1-4H3,(H,22,23)/b11-10+/t15-/m0/s1. The van der Waals surface area contributed by atoms with Gasteiger partial charge in [-0.3, -0.25) is 4.79 Å². The molecule has 0 aliphatic heterocycles. The molecule has 0 bridgehead atoms. The number of nitrogens with one attached hydrogen (secondary N) is 1. The molecule has 0 aliphatic carbocycles. The summed E-state index contributed by atoms with van der Waals surface area (Å²) in [4.78, 5) is 12.1. The zero-order chi connectivity index (χ0) is 18.9. The van der Waals surface area contributed by atoms with E-state index in [4.69, 9.17) is 14.2 Å². The highest BCUT2D eigenvalue weighted by atomic mass is 16.5. The van der Waals surface area contributed by atoms with Gasteiger partial charge in [-0.25, -0.2) is 0 Å². The first kappa shape index (κ1) is 19.4. The van der Waals surface area contributed by atoms with Gasteiger partial charge in [0.2, 0.25) is 5.91 Å². The molecule has 1 amide bonds. The second kappa shape index (κ2) is 9.51. The lowest BCUT2D eigenvalue weighted by molar-refractivity contribution is -0.116. The van der Waals surface area contributed by atoms with Crippen LogP contribution in [0.4, 0.5) is 0 Å². The van der Waals surface area contributed by atoms with Gasteiger partial charge in [-0.05, 0) is 23.6 Å². The molecule has 5 heteroatoms.